The number of hydrogen-bond acceptors (Lipinski definition) is 6. The number of thiazole rings is 1. The highest BCUT2D eigenvalue weighted by atomic mass is 32.1. The number of piperidine rings is 1. The summed E-state index contributed by atoms with van der Waals surface area (Å²) in [6.07, 6.45) is 7.10. The average molecular weight is 417 g/mol. The number of rotatable bonds is 6. The summed E-state index contributed by atoms with van der Waals surface area (Å²) in [5.41, 5.74) is 3.32. The number of ether oxygens (including phenoxy) is 1. The third-order valence-electron chi connectivity index (χ3n) is 5.68. The zero-order valence-corrected chi connectivity index (χ0v) is 17.6. The van der Waals surface area contributed by atoms with E-state index in [2.05, 4.69) is 44.1 Å². The van der Waals surface area contributed by atoms with Crippen LogP contribution in [0.5, 0.6) is 10.9 Å². The molecular formula is C24H24N4OS. The van der Waals surface area contributed by atoms with Crippen molar-refractivity contribution in [3.8, 4) is 10.9 Å². The van der Waals surface area contributed by atoms with E-state index in [0.717, 1.165) is 42.2 Å². The minimum atomic E-state index is 0.608. The Kier molecular flexibility index (Phi) is 5.68. The summed E-state index contributed by atoms with van der Waals surface area (Å²) < 4.78 is 6.96. The van der Waals surface area contributed by atoms with Gasteiger partial charge in [-0.25, -0.2) is 4.98 Å². The van der Waals surface area contributed by atoms with Crippen LogP contribution in [-0.2, 0) is 6.42 Å². The van der Waals surface area contributed by atoms with Crippen molar-refractivity contribution in [2.45, 2.75) is 25.2 Å². The summed E-state index contributed by atoms with van der Waals surface area (Å²) in [5.74, 6) is 1.42. The molecule has 1 aliphatic rings. The van der Waals surface area contributed by atoms with Gasteiger partial charge in [-0.2, -0.15) is 4.98 Å². The Morgan fingerprint density at radius 1 is 0.933 bits per heavy atom. The van der Waals surface area contributed by atoms with Crippen molar-refractivity contribution in [3.05, 3.63) is 78.2 Å². The van der Waals surface area contributed by atoms with E-state index in [9.17, 15) is 0 Å². The molecule has 0 amide bonds. The Morgan fingerprint density at radius 2 is 1.77 bits per heavy atom. The van der Waals surface area contributed by atoms with E-state index in [1.165, 1.54) is 35.4 Å². The number of hydrogen-bond donors (Lipinski definition) is 0. The highest BCUT2D eigenvalue weighted by molar-refractivity contribution is 7.20. The lowest BCUT2D eigenvalue weighted by molar-refractivity contribution is 0.213. The largest absolute Gasteiger partial charge is 0.431 e. The zero-order chi connectivity index (χ0) is 20.2. The molecule has 5 rings (SSSR count). The summed E-state index contributed by atoms with van der Waals surface area (Å²) in [5, 5.41) is 0.632. The lowest BCUT2D eigenvalue weighted by Gasteiger charge is -2.31. The van der Waals surface area contributed by atoms with Crippen LogP contribution in [0.2, 0.25) is 0 Å². The fourth-order valence-corrected chi connectivity index (χ4v) is 4.77. The van der Waals surface area contributed by atoms with Gasteiger partial charge >= 0.3 is 0 Å². The molecule has 1 saturated heterocycles. The molecule has 152 valence electrons. The van der Waals surface area contributed by atoms with Crippen molar-refractivity contribution in [1.82, 2.24) is 19.9 Å². The van der Waals surface area contributed by atoms with Crippen LogP contribution >= 0.6 is 11.3 Å². The van der Waals surface area contributed by atoms with Gasteiger partial charge in [-0.05, 0) is 74.3 Å². The first kappa shape index (κ1) is 19.2. The van der Waals surface area contributed by atoms with E-state index in [-0.39, 0.29) is 0 Å². The monoisotopic (exact) mass is 416 g/mol. The van der Waals surface area contributed by atoms with Crippen LogP contribution in [0.25, 0.3) is 10.3 Å². The molecular weight excluding hydrogens is 392 g/mol. The second kappa shape index (κ2) is 8.90. The van der Waals surface area contributed by atoms with E-state index >= 15 is 0 Å². The molecule has 6 heteroatoms. The molecule has 0 unspecified atom stereocenters. The first-order valence-electron chi connectivity index (χ1n) is 10.5. The summed E-state index contributed by atoms with van der Waals surface area (Å²) in [6, 6.07) is 18.5. The van der Waals surface area contributed by atoms with Gasteiger partial charge in [-0.3, -0.25) is 4.98 Å². The van der Waals surface area contributed by atoms with Crippen LogP contribution in [0.3, 0.4) is 0 Å². The van der Waals surface area contributed by atoms with Gasteiger partial charge in [-0.15, -0.1) is 0 Å². The lowest BCUT2D eigenvalue weighted by atomic mass is 9.93. The summed E-state index contributed by atoms with van der Waals surface area (Å²) in [6.45, 7) is 3.39. The van der Waals surface area contributed by atoms with Crippen molar-refractivity contribution >= 4 is 21.7 Å². The van der Waals surface area contributed by atoms with Crippen molar-refractivity contribution in [1.29, 1.82) is 0 Å². The van der Waals surface area contributed by atoms with Gasteiger partial charge in [0.15, 0.2) is 5.65 Å². The van der Waals surface area contributed by atoms with E-state index < -0.39 is 0 Å². The van der Waals surface area contributed by atoms with E-state index in [1.54, 1.807) is 6.20 Å². The maximum Gasteiger partial charge on any atom is 0.281 e. The normalized spacial score (nSPS) is 15.5. The second-order valence-electron chi connectivity index (χ2n) is 7.67. The van der Waals surface area contributed by atoms with Crippen molar-refractivity contribution < 1.29 is 4.74 Å². The van der Waals surface area contributed by atoms with Crippen LogP contribution in [0.15, 0.2) is 67.0 Å². The van der Waals surface area contributed by atoms with Crippen molar-refractivity contribution in [2.24, 2.45) is 0 Å². The van der Waals surface area contributed by atoms with Gasteiger partial charge in [0.25, 0.3) is 5.19 Å². The van der Waals surface area contributed by atoms with Gasteiger partial charge < -0.3 is 9.64 Å². The summed E-state index contributed by atoms with van der Waals surface area (Å²) >= 11 is 1.52. The molecule has 1 aliphatic heterocycles. The average Bonchev–Trinajstić information content (AvgIpc) is 3.22. The fraction of sp³-hybridized carbons (Fsp3) is 0.292. The molecule has 30 heavy (non-hydrogen) atoms. The molecule has 0 aliphatic carbocycles. The quantitative estimate of drug-likeness (QED) is 0.427. The Hall–Kier alpha value is -2.83. The van der Waals surface area contributed by atoms with Gasteiger partial charge in [0.05, 0.1) is 4.70 Å². The molecule has 0 atom stereocenters. The Bertz CT molecular complexity index is 1060. The topological polar surface area (TPSA) is 51.1 Å². The van der Waals surface area contributed by atoms with Crippen LogP contribution in [0, 0.1) is 0 Å². The second-order valence-corrected chi connectivity index (χ2v) is 8.66. The molecule has 3 aromatic heterocycles. The minimum absolute atomic E-state index is 0.608. The van der Waals surface area contributed by atoms with E-state index in [1.807, 2.05) is 36.5 Å². The van der Waals surface area contributed by atoms with E-state index in [4.69, 9.17) is 4.74 Å². The zero-order valence-electron chi connectivity index (χ0n) is 16.8. The SMILES string of the molecule is c1ccc(C2CCN(CCc3ccc(Oc4nc5ncccc5s4)cc3)CC2)nc1. The number of likely N-dealkylation sites (tertiary alicyclic amines) is 1. The van der Waals surface area contributed by atoms with Crippen LogP contribution in [0.1, 0.15) is 30.0 Å². The van der Waals surface area contributed by atoms with Gasteiger partial charge in [-0.1, -0.05) is 29.5 Å². The van der Waals surface area contributed by atoms with Gasteiger partial charge in [0.2, 0.25) is 0 Å². The number of pyridine rings is 2. The number of aromatic nitrogens is 3. The van der Waals surface area contributed by atoms with Crippen molar-refractivity contribution in [3.63, 3.8) is 0 Å². The predicted molar refractivity (Wildman–Crippen MR) is 120 cm³/mol. The molecule has 0 saturated carbocycles. The Labute approximate surface area is 180 Å². The Morgan fingerprint density at radius 3 is 2.53 bits per heavy atom. The minimum Gasteiger partial charge on any atom is -0.431 e. The first-order valence-corrected chi connectivity index (χ1v) is 11.3. The first-order chi connectivity index (χ1) is 14.8. The third kappa shape index (κ3) is 4.50. The molecule has 4 aromatic rings. The number of benzene rings is 1. The number of nitrogens with zero attached hydrogens (tertiary/aromatic N) is 4. The Balaban J connectivity index is 1.11. The molecule has 0 radical (unpaired) electrons. The third-order valence-corrected chi connectivity index (χ3v) is 6.57. The molecule has 1 aromatic carbocycles. The summed E-state index contributed by atoms with van der Waals surface area (Å²) in [7, 11) is 0. The van der Waals surface area contributed by atoms with Crippen LogP contribution in [0.4, 0.5) is 0 Å². The molecule has 0 N–H and O–H groups in total. The highest BCUT2D eigenvalue weighted by Gasteiger charge is 2.21. The molecule has 0 bridgehead atoms. The van der Waals surface area contributed by atoms with Gasteiger partial charge in [0, 0.05) is 30.6 Å². The number of fused-ring (bicyclic) bond motifs is 1. The predicted octanol–water partition coefficient (Wildman–Crippen LogP) is 5.30. The standard InChI is InChI=1S/C24H24N4OS/c1-2-13-25-21(4-1)19-11-16-28(17-12-19)15-10-18-6-8-20(9-7-18)29-24-27-23-22(30-24)5-3-14-26-23/h1-9,13-14,19H,10-12,15-17H2. The van der Waals surface area contributed by atoms with Crippen LogP contribution < -0.4 is 4.74 Å². The molecule has 0 spiro atoms. The van der Waals surface area contributed by atoms with Crippen molar-refractivity contribution in [2.75, 3.05) is 19.6 Å². The maximum atomic E-state index is 5.92. The lowest BCUT2D eigenvalue weighted by Crippen LogP contribution is -2.34. The van der Waals surface area contributed by atoms with Crippen LogP contribution in [-0.4, -0.2) is 39.5 Å². The highest BCUT2D eigenvalue weighted by Crippen LogP contribution is 2.30. The maximum absolute atomic E-state index is 5.92. The molecule has 4 heterocycles. The molecule has 5 nitrogen and oxygen atoms in total. The molecule has 1 fully saturated rings. The summed E-state index contributed by atoms with van der Waals surface area (Å²) in [4.78, 5) is 15.8. The van der Waals surface area contributed by atoms with E-state index in [0.29, 0.717) is 11.1 Å². The smallest absolute Gasteiger partial charge is 0.281 e. The van der Waals surface area contributed by atoms with Gasteiger partial charge in [0.1, 0.15) is 5.75 Å². The fourth-order valence-electron chi connectivity index (χ4n) is 3.97.